The number of likely N-dealkylation sites (tertiary alicyclic amines) is 1. The third-order valence-corrected chi connectivity index (χ3v) is 5.19. The van der Waals surface area contributed by atoms with Gasteiger partial charge in [-0.2, -0.15) is 5.10 Å². The van der Waals surface area contributed by atoms with Crippen LogP contribution in [0.5, 0.6) is 0 Å². The highest BCUT2D eigenvalue weighted by Gasteiger charge is 2.31. The number of nitrogens with zero attached hydrogens (tertiary/aromatic N) is 5. The van der Waals surface area contributed by atoms with Gasteiger partial charge in [-0.15, -0.1) is 0 Å². The Hall–Kier alpha value is -2.31. The molecule has 2 fully saturated rings. The lowest BCUT2D eigenvalue weighted by Gasteiger charge is -2.25. The molecule has 2 aromatic rings. The van der Waals surface area contributed by atoms with E-state index in [1.54, 1.807) is 18.7 Å². The van der Waals surface area contributed by atoms with Crippen LogP contribution in [0.15, 0.2) is 31.1 Å². The van der Waals surface area contributed by atoms with E-state index in [4.69, 9.17) is 0 Å². The normalized spacial score (nSPS) is 21.9. The van der Waals surface area contributed by atoms with Crippen LogP contribution in [0.1, 0.15) is 38.6 Å². The third-order valence-electron chi connectivity index (χ3n) is 5.19. The van der Waals surface area contributed by atoms with Crippen molar-refractivity contribution < 1.29 is 4.79 Å². The topological polar surface area (TPSA) is 68.0 Å². The Balaban J connectivity index is 1.38. The van der Waals surface area contributed by atoms with Gasteiger partial charge in [0.25, 0.3) is 0 Å². The van der Waals surface area contributed by atoms with Gasteiger partial charge in [0, 0.05) is 31.7 Å². The average Bonchev–Trinajstić information content (AvgIpc) is 2.97. The summed E-state index contributed by atoms with van der Waals surface area (Å²) in [4.78, 5) is 18.6. The predicted molar refractivity (Wildman–Crippen MR) is 90.6 cm³/mol. The van der Waals surface area contributed by atoms with Gasteiger partial charge in [0.15, 0.2) is 0 Å². The van der Waals surface area contributed by atoms with E-state index in [-0.39, 0.29) is 12.1 Å². The van der Waals surface area contributed by atoms with Crippen LogP contribution in [-0.2, 0) is 6.54 Å². The molecule has 1 saturated carbocycles. The monoisotopic (exact) mass is 328 g/mol. The van der Waals surface area contributed by atoms with Gasteiger partial charge in [0.2, 0.25) is 0 Å². The molecule has 1 aliphatic carbocycles. The number of aromatic nitrogens is 4. The minimum atomic E-state index is -0.0313. The Morgan fingerprint density at radius 3 is 3.04 bits per heavy atom. The molecular weight excluding hydrogens is 304 g/mol. The summed E-state index contributed by atoms with van der Waals surface area (Å²) in [6.07, 6.45) is 13.9. The van der Waals surface area contributed by atoms with E-state index < -0.39 is 0 Å². The number of nitrogens with one attached hydrogen (secondary N) is 1. The molecule has 128 valence electrons. The van der Waals surface area contributed by atoms with Crippen LogP contribution in [0, 0.1) is 5.92 Å². The van der Waals surface area contributed by atoms with Gasteiger partial charge in [-0.1, -0.05) is 0 Å². The van der Waals surface area contributed by atoms with Crippen LogP contribution >= 0.6 is 0 Å². The second-order valence-corrected chi connectivity index (χ2v) is 6.97. The molecule has 0 aromatic carbocycles. The largest absolute Gasteiger partial charge is 0.335 e. The van der Waals surface area contributed by atoms with E-state index in [0.717, 1.165) is 37.5 Å². The van der Waals surface area contributed by atoms with Crippen LogP contribution in [0.2, 0.25) is 0 Å². The number of anilines is 1. The summed E-state index contributed by atoms with van der Waals surface area (Å²) in [5.41, 5.74) is 0.779. The smallest absolute Gasteiger partial charge is 0.322 e. The number of imidazole rings is 1. The maximum absolute atomic E-state index is 12.6. The van der Waals surface area contributed by atoms with Gasteiger partial charge < -0.3 is 14.8 Å². The number of carbonyl (C=O) groups excluding carboxylic acids is 1. The molecule has 7 nitrogen and oxygen atoms in total. The lowest BCUT2D eigenvalue weighted by molar-refractivity contribution is 0.201. The third kappa shape index (κ3) is 3.16. The van der Waals surface area contributed by atoms with Crippen molar-refractivity contribution in [2.75, 3.05) is 11.9 Å². The zero-order valence-electron chi connectivity index (χ0n) is 14.0. The fourth-order valence-corrected chi connectivity index (χ4v) is 3.55. The van der Waals surface area contributed by atoms with Gasteiger partial charge >= 0.3 is 6.03 Å². The van der Waals surface area contributed by atoms with Gasteiger partial charge in [0.1, 0.15) is 0 Å². The van der Waals surface area contributed by atoms with Gasteiger partial charge in [-0.25, -0.2) is 9.78 Å². The van der Waals surface area contributed by atoms with Crippen molar-refractivity contribution in [2.24, 2.45) is 5.92 Å². The summed E-state index contributed by atoms with van der Waals surface area (Å²) in [7, 11) is 0. The van der Waals surface area contributed by atoms with Crippen LogP contribution in [-0.4, -0.2) is 42.8 Å². The molecule has 1 aliphatic heterocycles. The zero-order chi connectivity index (χ0) is 16.5. The molecule has 3 heterocycles. The molecular formula is C17H24N6O. The number of amides is 2. The van der Waals surface area contributed by atoms with E-state index in [9.17, 15) is 4.79 Å². The molecule has 0 bridgehead atoms. The first-order valence-electron chi connectivity index (χ1n) is 8.78. The van der Waals surface area contributed by atoms with Gasteiger partial charge in [-0.3, -0.25) is 4.68 Å². The van der Waals surface area contributed by atoms with Crippen LogP contribution < -0.4 is 5.32 Å². The Labute approximate surface area is 141 Å². The Bertz CT molecular complexity index is 690. The van der Waals surface area contributed by atoms with Gasteiger partial charge in [0.05, 0.1) is 30.3 Å². The molecule has 0 unspecified atom stereocenters. The summed E-state index contributed by atoms with van der Waals surface area (Å²) in [5.74, 6) is 0.742. The molecule has 1 saturated heterocycles. The lowest BCUT2D eigenvalue weighted by Crippen LogP contribution is -2.40. The van der Waals surface area contributed by atoms with E-state index in [1.807, 2.05) is 26.5 Å². The average molecular weight is 328 g/mol. The van der Waals surface area contributed by atoms with Crippen LogP contribution in [0.4, 0.5) is 10.5 Å². The fourth-order valence-electron chi connectivity index (χ4n) is 3.55. The first-order chi connectivity index (χ1) is 11.7. The number of urea groups is 1. The van der Waals surface area contributed by atoms with Crippen LogP contribution in [0.25, 0.3) is 0 Å². The van der Waals surface area contributed by atoms with Crippen molar-refractivity contribution >= 4 is 11.7 Å². The van der Waals surface area contributed by atoms with E-state index >= 15 is 0 Å². The number of hydrogen-bond acceptors (Lipinski definition) is 3. The second kappa shape index (κ2) is 6.30. The highest BCUT2D eigenvalue weighted by molar-refractivity contribution is 5.89. The van der Waals surface area contributed by atoms with E-state index in [2.05, 4.69) is 22.3 Å². The van der Waals surface area contributed by atoms with Crippen molar-refractivity contribution in [3.63, 3.8) is 0 Å². The number of rotatable bonds is 5. The number of carbonyl (C=O) groups is 1. The van der Waals surface area contributed by atoms with Crippen LogP contribution in [0.3, 0.4) is 0 Å². The fraction of sp³-hybridized carbons (Fsp3) is 0.588. The second-order valence-electron chi connectivity index (χ2n) is 6.97. The van der Waals surface area contributed by atoms with Crippen molar-refractivity contribution in [3.8, 4) is 0 Å². The standard InChI is InChI=1S/C17H24N6O/c1-13(14-4-5-14)23-10-15(9-19-23)20-17(24)22-7-2-3-16(22)11-21-8-6-18-12-21/h6,8-10,12-14,16H,2-5,7,11H2,1H3,(H,20,24)/t13-,16+/m0/s1. The molecule has 0 radical (unpaired) electrons. The maximum Gasteiger partial charge on any atom is 0.322 e. The molecule has 2 aliphatic rings. The minimum Gasteiger partial charge on any atom is -0.335 e. The molecule has 7 heteroatoms. The SMILES string of the molecule is C[C@@H](C1CC1)n1cc(NC(=O)N2CCC[C@@H]2Cn2ccnc2)cn1. The molecule has 2 aromatic heterocycles. The van der Waals surface area contributed by atoms with Crippen molar-refractivity contribution in [3.05, 3.63) is 31.1 Å². The molecule has 1 N–H and O–H groups in total. The maximum atomic E-state index is 12.6. The predicted octanol–water partition coefficient (Wildman–Crippen LogP) is 2.75. The van der Waals surface area contributed by atoms with E-state index in [1.165, 1.54) is 12.8 Å². The first-order valence-corrected chi connectivity index (χ1v) is 8.78. The molecule has 4 rings (SSSR count). The minimum absolute atomic E-state index is 0.0313. The zero-order valence-corrected chi connectivity index (χ0v) is 14.0. The quantitative estimate of drug-likeness (QED) is 0.917. The Morgan fingerprint density at radius 2 is 2.29 bits per heavy atom. The Kier molecular flexibility index (Phi) is 4.00. The summed E-state index contributed by atoms with van der Waals surface area (Å²) in [6.45, 7) is 3.79. The lowest BCUT2D eigenvalue weighted by atomic mass is 10.2. The highest BCUT2D eigenvalue weighted by Crippen LogP contribution is 2.39. The molecule has 2 amide bonds. The molecule has 0 spiro atoms. The summed E-state index contributed by atoms with van der Waals surface area (Å²) < 4.78 is 4.01. The van der Waals surface area contributed by atoms with E-state index in [0.29, 0.717) is 6.04 Å². The van der Waals surface area contributed by atoms with Crippen molar-refractivity contribution in [1.29, 1.82) is 0 Å². The summed E-state index contributed by atoms with van der Waals surface area (Å²) in [6, 6.07) is 0.604. The van der Waals surface area contributed by atoms with Crippen molar-refractivity contribution in [2.45, 2.75) is 51.2 Å². The Morgan fingerprint density at radius 1 is 1.42 bits per heavy atom. The molecule has 24 heavy (non-hydrogen) atoms. The highest BCUT2D eigenvalue weighted by atomic mass is 16.2. The summed E-state index contributed by atoms with van der Waals surface area (Å²) in [5, 5.41) is 7.41. The summed E-state index contributed by atoms with van der Waals surface area (Å²) >= 11 is 0. The van der Waals surface area contributed by atoms with Gasteiger partial charge in [-0.05, 0) is 38.5 Å². The molecule has 2 atom stereocenters. The van der Waals surface area contributed by atoms with Crippen molar-refractivity contribution in [1.82, 2.24) is 24.2 Å². The first kappa shape index (κ1) is 15.2. The number of hydrogen-bond donors (Lipinski definition) is 1.